The molecule has 0 bridgehead atoms. The van der Waals surface area contributed by atoms with Crippen LogP contribution in [0.4, 0.5) is 5.69 Å². The van der Waals surface area contributed by atoms with Crippen molar-refractivity contribution in [3.8, 4) is 0 Å². The third kappa shape index (κ3) is 2.55. The molecular weight excluding hydrogens is 306 g/mol. The summed E-state index contributed by atoms with van der Waals surface area (Å²) in [5, 5.41) is 3.40. The molecule has 2 aliphatic rings. The summed E-state index contributed by atoms with van der Waals surface area (Å²) in [6.45, 7) is 6.31. The smallest absolute Gasteiger partial charge is 0.241 e. The van der Waals surface area contributed by atoms with Gasteiger partial charge in [0.05, 0.1) is 6.54 Å². The molecule has 1 aromatic carbocycles. The number of benzene rings is 1. The normalized spacial score (nSPS) is 24.4. The quantitative estimate of drug-likeness (QED) is 0.848. The van der Waals surface area contributed by atoms with Crippen LogP contribution in [0.3, 0.4) is 0 Å². The first-order valence-electron chi connectivity index (χ1n) is 6.66. The van der Waals surface area contributed by atoms with Gasteiger partial charge in [0.2, 0.25) is 5.91 Å². The van der Waals surface area contributed by atoms with Crippen LogP contribution in [0.2, 0.25) is 0 Å². The predicted octanol–water partition coefficient (Wildman–Crippen LogP) is 1.38. The van der Waals surface area contributed by atoms with Crippen molar-refractivity contribution in [2.45, 2.75) is 13.0 Å². The monoisotopic (exact) mass is 323 g/mol. The molecule has 1 N–H and O–H groups in total. The largest absolute Gasteiger partial charge is 0.314 e. The molecule has 1 amide bonds. The molecule has 2 fully saturated rings. The molecule has 0 radical (unpaired) electrons. The van der Waals surface area contributed by atoms with E-state index < -0.39 is 0 Å². The highest BCUT2D eigenvalue weighted by Gasteiger charge is 2.34. The van der Waals surface area contributed by atoms with Crippen molar-refractivity contribution < 1.29 is 4.79 Å². The molecule has 19 heavy (non-hydrogen) atoms. The van der Waals surface area contributed by atoms with Gasteiger partial charge < -0.3 is 10.2 Å². The zero-order valence-electron chi connectivity index (χ0n) is 11.0. The van der Waals surface area contributed by atoms with Gasteiger partial charge in [-0.05, 0) is 30.7 Å². The fourth-order valence-corrected chi connectivity index (χ4v) is 3.06. The lowest BCUT2D eigenvalue weighted by Gasteiger charge is -2.43. The number of fused-ring (bicyclic) bond motifs is 1. The van der Waals surface area contributed by atoms with Crippen LogP contribution in [-0.4, -0.2) is 49.6 Å². The number of hydrogen-bond donors (Lipinski definition) is 1. The van der Waals surface area contributed by atoms with Gasteiger partial charge in [-0.2, -0.15) is 0 Å². The van der Waals surface area contributed by atoms with Crippen LogP contribution in [0.5, 0.6) is 0 Å². The molecular formula is C14H18BrN3O. The summed E-state index contributed by atoms with van der Waals surface area (Å²) in [7, 11) is 0. The molecule has 2 saturated heterocycles. The molecule has 2 heterocycles. The zero-order valence-corrected chi connectivity index (χ0v) is 12.6. The molecule has 4 nitrogen and oxygen atoms in total. The highest BCUT2D eigenvalue weighted by molar-refractivity contribution is 9.10. The van der Waals surface area contributed by atoms with Gasteiger partial charge in [-0.15, -0.1) is 0 Å². The van der Waals surface area contributed by atoms with E-state index in [-0.39, 0.29) is 5.91 Å². The Balaban J connectivity index is 1.83. The second-order valence-corrected chi connectivity index (χ2v) is 6.12. The van der Waals surface area contributed by atoms with Crippen LogP contribution in [0.1, 0.15) is 5.56 Å². The lowest BCUT2D eigenvalue weighted by molar-refractivity contribution is -0.122. The first kappa shape index (κ1) is 13.1. The van der Waals surface area contributed by atoms with Crippen molar-refractivity contribution in [1.82, 2.24) is 10.2 Å². The van der Waals surface area contributed by atoms with Crippen molar-refractivity contribution in [3.05, 3.63) is 28.2 Å². The summed E-state index contributed by atoms with van der Waals surface area (Å²) in [6.07, 6.45) is 0. The number of piperazine rings is 2. The molecule has 5 heteroatoms. The first-order valence-corrected chi connectivity index (χ1v) is 7.46. The highest BCUT2D eigenvalue weighted by atomic mass is 79.9. The Bertz CT molecular complexity index is 505. The minimum Gasteiger partial charge on any atom is -0.314 e. The summed E-state index contributed by atoms with van der Waals surface area (Å²) in [5.41, 5.74) is 2.17. The number of halogens is 1. The summed E-state index contributed by atoms with van der Waals surface area (Å²) in [6, 6.07) is 6.55. The standard InChI is InChI=1S/C14H18BrN3O/c1-10-6-11(2-3-13(10)15)18-8-12-7-16-4-5-17(12)9-14(18)19/h2-3,6,12,16H,4-5,7-9H2,1H3. The number of rotatable bonds is 1. The van der Waals surface area contributed by atoms with Crippen LogP contribution < -0.4 is 10.2 Å². The van der Waals surface area contributed by atoms with Crippen molar-refractivity contribution >= 4 is 27.5 Å². The second kappa shape index (κ2) is 5.23. The number of carbonyl (C=O) groups excluding carboxylic acids is 1. The minimum atomic E-state index is 0.208. The molecule has 1 unspecified atom stereocenters. The Kier molecular flexibility index (Phi) is 3.60. The second-order valence-electron chi connectivity index (χ2n) is 5.27. The van der Waals surface area contributed by atoms with E-state index in [2.05, 4.69) is 39.1 Å². The molecule has 3 rings (SSSR count). The minimum absolute atomic E-state index is 0.208. The number of nitrogens with zero attached hydrogens (tertiary/aromatic N) is 2. The van der Waals surface area contributed by atoms with Gasteiger partial charge >= 0.3 is 0 Å². The Labute approximate surface area is 121 Å². The fourth-order valence-electron chi connectivity index (χ4n) is 2.81. The summed E-state index contributed by atoms with van der Waals surface area (Å²) < 4.78 is 1.08. The third-order valence-electron chi connectivity index (χ3n) is 3.96. The topological polar surface area (TPSA) is 35.6 Å². The van der Waals surface area contributed by atoms with Gasteiger partial charge in [0.15, 0.2) is 0 Å². The van der Waals surface area contributed by atoms with Crippen molar-refractivity contribution in [2.24, 2.45) is 0 Å². The van der Waals surface area contributed by atoms with E-state index in [9.17, 15) is 4.79 Å². The summed E-state index contributed by atoms with van der Waals surface area (Å²) in [5.74, 6) is 0.208. The third-order valence-corrected chi connectivity index (χ3v) is 4.85. The first-order chi connectivity index (χ1) is 9.15. The average Bonchev–Trinajstić information content (AvgIpc) is 2.41. The van der Waals surface area contributed by atoms with E-state index in [1.807, 2.05) is 17.0 Å². The van der Waals surface area contributed by atoms with Crippen LogP contribution in [0.15, 0.2) is 22.7 Å². The van der Waals surface area contributed by atoms with E-state index >= 15 is 0 Å². The summed E-state index contributed by atoms with van der Waals surface area (Å²) in [4.78, 5) is 16.5. The van der Waals surface area contributed by atoms with Gasteiger partial charge in [-0.1, -0.05) is 15.9 Å². The van der Waals surface area contributed by atoms with E-state index in [1.165, 1.54) is 0 Å². The molecule has 1 aromatic rings. The summed E-state index contributed by atoms with van der Waals surface area (Å²) >= 11 is 3.50. The number of amides is 1. The molecule has 102 valence electrons. The number of nitrogens with one attached hydrogen (secondary N) is 1. The maximum absolute atomic E-state index is 12.3. The molecule has 0 spiro atoms. The van der Waals surface area contributed by atoms with Crippen LogP contribution in [0, 0.1) is 6.92 Å². The average molecular weight is 324 g/mol. The Morgan fingerprint density at radius 1 is 1.42 bits per heavy atom. The number of aryl methyl sites for hydroxylation is 1. The van der Waals surface area contributed by atoms with Crippen LogP contribution in [-0.2, 0) is 4.79 Å². The molecule has 0 aromatic heterocycles. The Morgan fingerprint density at radius 3 is 3.05 bits per heavy atom. The van der Waals surface area contributed by atoms with Gasteiger partial charge in [0, 0.05) is 42.4 Å². The van der Waals surface area contributed by atoms with E-state index in [1.54, 1.807) is 0 Å². The van der Waals surface area contributed by atoms with Gasteiger partial charge in [0.25, 0.3) is 0 Å². The van der Waals surface area contributed by atoms with Gasteiger partial charge in [-0.25, -0.2) is 0 Å². The van der Waals surface area contributed by atoms with Gasteiger partial charge in [0.1, 0.15) is 0 Å². The lowest BCUT2D eigenvalue weighted by Crippen LogP contribution is -2.63. The number of carbonyl (C=O) groups is 1. The molecule has 2 aliphatic heterocycles. The maximum atomic E-state index is 12.3. The van der Waals surface area contributed by atoms with Crippen molar-refractivity contribution in [1.29, 1.82) is 0 Å². The van der Waals surface area contributed by atoms with E-state index in [0.717, 1.165) is 41.9 Å². The SMILES string of the molecule is Cc1cc(N2CC3CNCCN3CC2=O)ccc1Br. The predicted molar refractivity (Wildman–Crippen MR) is 79.5 cm³/mol. The molecule has 0 saturated carbocycles. The Morgan fingerprint density at radius 2 is 2.26 bits per heavy atom. The fraction of sp³-hybridized carbons (Fsp3) is 0.500. The van der Waals surface area contributed by atoms with E-state index in [0.29, 0.717) is 12.6 Å². The Hall–Kier alpha value is -0.910. The van der Waals surface area contributed by atoms with Crippen LogP contribution >= 0.6 is 15.9 Å². The number of hydrogen-bond acceptors (Lipinski definition) is 3. The van der Waals surface area contributed by atoms with Gasteiger partial charge in [-0.3, -0.25) is 9.69 Å². The number of anilines is 1. The zero-order chi connectivity index (χ0) is 13.4. The maximum Gasteiger partial charge on any atom is 0.241 e. The molecule has 0 aliphatic carbocycles. The van der Waals surface area contributed by atoms with Crippen LogP contribution in [0.25, 0.3) is 0 Å². The highest BCUT2D eigenvalue weighted by Crippen LogP contribution is 2.25. The van der Waals surface area contributed by atoms with Crippen molar-refractivity contribution in [3.63, 3.8) is 0 Å². The lowest BCUT2D eigenvalue weighted by atomic mass is 10.1. The van der Waals surface area contributed by atoms with Crippen molar-refractivity contribution in [2.75, 3.05) is 37.6 Å². The molecule has 1 atom stereocenters. The van der Waals surface area contributed by atoms with E-state index in [4.69, 9.17) is 0 Å².